The minimum atomic E-state index is -0.373. The van der Waals surface area contributed by atoms with Crippen LogP contribution in [0.1, 0.15) is 35.9 Å². The summed E-state index contributed by atoms with van der Waals surface area (Å²) in [6, 6.07) is 4.00. The van der Waals surface area contributed by atoms with E-state index in [-0.39, 0.29) is 22.5 Å². The zero-order valence-corrected chi connectivity index (χ0v) is 15.6. The van der Waals surface area contributed by atoms with Crippen molar-refractivity contribution in [1.29, 1.82) is 0 Å². The number of amides is 1. The summed E-state index contributed by atoms with van der Waals surface area (Å²) in [7, 11) is 0. The third kappa shape index (κ3) is 3.88. The number of carbonyl (C=O) groups excluding carboxylic acids is 1. The first-order valence-electron chi connectivity index (χ1n) is 8.44. The molecule has 3 rings (SSSR count). The molecule has 0 saturated carbocycles. The molecule has 0 radical (unpaired) electrons. The first kappa shape index (κ1) is 17.9. The molecule has 25 heavy (non-hydrogen) atoms. The van der Waals surface area contributed by atoms with E-state index in [0.717, 1.165) is 43.8 Å². The van der Waals surface area contributed by atoms with Crippen molar-refractivity contribution in [1.82, 2.24) is 15.1 Å². The normalized spacial score (nSPS) is 15.4. The zero-order valence-electron chi connectivity index (χ0n) is 14.1. The quantitative estimate of drug-likeness (QED) is 0.865. The summed E-state index contributed by atoms with van der Waals surface area (Å²) in [6.45, 7) is 4.33. The van der Waals surface area contributed by atoms with Gasteiger partial charge in [-0.3, -0.25) is 9.59 Å². The molecule has 1 fully saturated rings. The predicted octanol–water partition coefficient (Wildman–Crippen LogP) is 3.01. The number of aromatic nitrogens is 2. The van der Waals surface area contributed by atoms with Gasteiger partial charge in [0.25, 0.3) is 11.5 Å². The third-order valence-corrected chi connectivity index (χ3v) is 5.70. The molecule has 3 heterocycles. The second kappa shape index (κ2) is 8.01. The minimum Gasteiger partial charge on any atom is -0.369 e. The molecule has 0 atom stereocenters. The van der Waals surface area contributed by atoms with Gasteiger partial charge in [0.2, 0.25) is 0 Å². The van der Waals surface area contributed by atoms with Crippen molar-refractivity contribution in [2.75, 3.05) is 24.5 Å². The zero-order chi connectivity index (χ0) is 17.8. The average Bonchev–Trinajstić information content (AvgIpc) is 3.16. The lowest BCUT2D eigenvalue weighted by atomic mass is 10.0. The molecule has 0 bridgehead atoms. The Morgan fingerprint density at radius 2 is 2.24 bits per heavy atom. The van der Waals surface area contributed by atoms with E-state index in [1.807, 2.05) is 22.4 Å². The van der Waals surface area contributed by atoms with E-state index >= 15 is 0 Å². The Balaban J connectivity index is 1.70. The molecule has 0 spiro atoms. The molecule has 0 aliphatic carbocycles. The highest BCUT2D eigenvalue weighted by molar-refractivity contribution is 7.12. The van der Waals surface area contributed by atoms with Gasteiger partial charge in [-0.25, -0.2) is 5.10 Å². The Kier molecular flexibility index (Phi) is 5.75. The summed E-state index contributed by atoms with van der Waals surface area (Å²) in [5.41, 5.74) is 0.289. The number of hydrogen-bond acceptors (Lipinski definition) is 5. The van der Waals surface area contributed by atoms with Gasteiger partial charge in [-0.2, -0.15) is 5.10 Å². The van der Waals surface area contributed by atoms with Crippen LogP contribution >= 0.6 is 22.9 Å². The minimum absolute atomic E-state index is 0.117. The van der Waals surface area contributed by atoms with Gasteiger partial charge in [-0.05, 0) is 30.7 Å². The molecule has 0 unspecified atom stereocenters. The molecular weight excluding hydrogens is 360 g/mol. The van der Waals surface area contributed by atoms with E-state index in [4.69, 9.17) is 11.6 Å². The van der Waals surface area contributed by atoms with Gasteiger partial charge in [0.05, 0.1) is 16.8 Å². The van der Waals surface area contributed by atoms with Crippen molar-refractivity contribution < 1.29 is 4.79 Å². The molecule has 0 aromatic carbocycles. The summed E-state index contributed by atoms with van der Waals surface area (Å²) in [4.78, 5) is 29.3. The number of rotatable bonds is 5. The average molecular weight is 381 g/mol. The van der Waals surface area contributed by atoms with Crippen LogP contribution in [0.3, 0.4) is 0 Å². The molecule has 2 aromatic rings. The van der Waals surface area contributed by atoms with Crippen molar-refractivity contribution in [3.8, 4) is 0 Å². The highest BCUT2D eigenvalue weighted by Crippen LogP contribution is 2.27. The van der Waals surface area contributed by atoms with E-state index < -0.39 is 0 Å². The molecular formula is C17H21ClN4O2S. The third-order valence-electron chi connectivity index (χ3n) is 4.48. The van der Waals surface area contributed by atoms with Crippen molar-refractivity contribution in [2.45, 2.75) is 32.2 Å². The smallest absolute Gasteiger partial charge is 0.285 e. The molecule has 6 nitrogen and oxygen atoms in total. The number of aromatic amines is 1. The van der Waals surface area contributed by atoms with E-state index in [1.54, 1.807) is 6.20 Å². The Morgan fingerprint density at radius 3 is 2.88 bits per heavy atom. The molecule has 2 aromatic heterocycles. The standard InChI is InChI=1S/C17H21ClN4O2S/c1-2-7-22(17(24)14-4-3-10-25-14)12-5-8-21(9-6-12)13-11-19-20-16(23)15(13)18/h3-4,10-12H,2,5-9H2,1H3,(H,20,23). The summed E-state index contributed by atoms with van der Waals surface area (Å²) in [6.07, 6.45) is 4.21. The van der Waals surface area contributed by atoms with Gasteiger partial charge < -0.3 is 9.80 Å². The fraction of sp³-hybridized carbons (Fsp3) is 0.471. The maximum absolute atomic E-state index is 12.8. The maximum atomic E-state index is 12.8. The van der Waals surface area contributed by atoms with Crippen LogP contribution < -0.4 is 10.5 Å². The Morgan fingerprint density at radius 1 is 1.48 bits per heavy atom. The van der Waals surface area contributed by atoms with Crippen molar-refractivity contribution >= 4 is 34.5 Å². The lowest BCUT2D eigenvalue weighted by Gasteiger charge is -2.39. The fourth-order valence-electron chi connectivity index (χ4n) is 3.25. The number of piperidine rings is 1. The SMILES string of the molecule is CCCN(C(=O)c1cccs1)C1CCN(c2cn[nH]c(=O)c2Cl)CC1. The van der Waals surface area contributed by atoms with Gasteiger partial charge >= 0.3 is 0 Å². The number of nitrogens with zero attached hydrogens (tertiary/aromatic N) is 3. The summed E-state index contributed by atoms with van der Waals surface area (Å²) >= 11 is 7.59. The van der Waals surface area contributed by atoms with Crippen molar-refractivity contribution in [3.05, 3.63) is 44.0 Å². The van der Waals surface area contributed by atoms with Crippen molar-refractivity contribution in [3.63, 3.8) is 0 Å². The predicted molar refractivity (Wildman–Crippen MR) is 101 cm³/mol. The van der Waals surface area contributed by atoms with Crippen LogP contribution in [0.2, 0.25) is 5.02 Å². The first-order valence-corrected chi connectivity index (χ1v) is 9.70. The Bertz CT molecular complexity index is 769. The highest BCUT2D eigenvalue weighted by atomic mass is 35.5. The topological polar surface area (TPSA) is 69.3 Å². The van der Waals surface area contributed by atoms with E-state index in [2.05, 4.69) is 22.0 Å². The number of hydrogen-bond donors (Lipinski definition) is 1. The second-order valence-electron chi connectivity index (χ2n) is 6.09. The van der Waals surface area contributed by atoms with Crippen LogP contribution in [0.15, 0.2) is 28.5 Å². The number of H-pyrrole nitrogens is 1. The maximum Gasteiger partial charge on any atom is 0.285 e. The van der Waals surface area contributed by atoms with Gasteiger partial charge in [0.15, 0.2) is 0 Å². The number of carbonyl (C=O) groups is 1. The van der Waals surface area contributed by atoms with Crippen LogP contribution in [-0.4, -0.2) is 46.7 Å². The van der Waals surface area contributed by atoms with Gasteiger partial charge in [0, 0.05) is 25.7 Å². The van der Waals surface area contributed by atoms with Crippen LogP contribution in [0.4, 0.5) is 5.69 Å². The lowest BCUT2D eigenvalue weighted by Crippen LogP contribution is -2.48. The molecule has 1 aliphatic heterocycles. The van der Waals surface area contributed by atoms with E-state index in [9.17, 15) is 9.59 Å². The Labute approximate surface area is 155 Å². The molecule has 1 N–H and O–H groups in total. The summed E-state index contributed by atoms with van der Waals surface area (Å²) in [5, 5.41) is 8.28. The lowest BCUT2D eigenvalue weighted by molar-refractivity contribution is 0.0655. The summed E-state index contributed by atoms with van der Waals surface area (Å²) < 4.78 is 0. The molecule has 1 aliphatic rings. The van der Waals surface area contributed by atoms with Crippen molar-refractivity contribution in [2.24, 2.45) is 0 Å². The monoisotopic (exact) mass is 380 g/mol. The fourth-order valence-corrected chi connectivity index (χ4v) is 4.14. The first-order chi connectivity index (χ1) is 12.1. The number of thiophene rings is 1. The van der Waals surface area contributed by atoms with Crippen LogP contribution in [0, 0.1) is 0 Å². The van der Waals surface area contributed by atoms with Crippen LogP contribution in [-0.2, 0) is 0 Å². The molecule has 1 amide bonds. The van der Waals surface area contributed by atoms with E-state index in [0.29, 0.717) is 5.69 Å². The number of halogens is 1. The van der Waals surface area contributed by atoms with E-state index in [1.165, 1.54) is 11.3 Å². The van der Waals surface area contributed by atoms with Gasteiger partial charge in [-0.15, -0.1) is 11.3 Å². The molecule has 134 valence electrons. The highest BCUT2D eigenvalue weighted by Gasteiger charge is 2.29. The van der Waals surface area contributed by atoms with Crippen LogP contribution in [0.25, 0.3) is 0 Å². The van der Waals surface area contributed by atoms with Crippen LogP contribution in [0.5, 0.6) is 0 Å². The van der Waals surface area contributed by atoms with Gasteiger partial charge in [0.1, 0.15) is 5.02 Å². The number of anilines is 1. The Hall–Kier alpha value is -1.86. The van der Waals surface area contributed by atoms with Gasteiger partial charge in [-0.1, -0.05) is 24.6 Å². The second-order valence-corrected chi connectivity index (χ2v) is 7.42. The summed E-state index contributed by atoms with van der Waals surface area (Å²) in [5.74, 6) is 0.117. The largest absolute Gasteiger partial charge is 0.369 e. The molecule has 1 saturated heterocycles. The number of nitrogens with one attached hydrogen (secondary N) is 1. The molecule has 8 heteroatoms.